The molecule has 3 aliphatic rings. The Morgan fingerprint density at radius 2 is 1.96 bits per heavy atom. The highest BCUT2D eigenvalue weighted by atomic mass is 16.5. The van der Waals surface area contributed by atoms with Crippen molar-refractivity contribution in [1.29, 1.82) is 5.26 Å². The minimum atomic E-state index is -0.306. The number of carbonyl (C=O) groups excluding carboxylic acids is 1. The van der Waals surface area contributed by atoms with Gasteiger partial charge in [-0.2, -0.15) is 15.2 Å². The maximum atomic E-state index is 12.9. The number of nitriles is 1. The van der Waals surface area contributed by atoms with Gasteiger partial charge in [0.2, 0.25) is 5.91 Å². The smallest absolute Gasteiger partial charge is 0.318 e. The fourth-order valence-corrected chi connectivity index (χ4v) is 7.69. The van der Waals surface area contributed by atoms with Crippen molar-refractivity contribution in [3.05, 3.63) is 65.4 Å². The molecule has 2 fully saturated rings. The van der Waals surface area contributed by atoms with Crippen molar-refractivity contribution in [3.8, 4) is 12.1 Å². The zero-order chi connectivity index (χ0) is 33.8. The van der Waals surface area contributed by atoms with Crippen molar-refractivity contribution in [3.63, 3.8) is 0 Å². The van der Waals surface area contributed by atoms with E-state index in [1.54, 1.807) is 12.0 Å². The number of methoxy groups -OCH3 is 1. The maximum Gasteiger partial charge on any atom is 0.318 e. The molecule has 0 radical (unpaired) electrons. The Bertz CT molecular complexity index is 1680. The SMILES string of the molecule is CO[C@@H]1C[C@H]([C@H](C)COc2nc3c(c(N4CCN(C(=O)/C=C/CO)[C@@H](CC#N)C4)n2)CCN(c2cccc4cccc(C)c24)C3)N(C)C1. The molecule has 0 aliphatic carbocycles. The third kappa shape index (κ3) is 6.97. The van der Waals surface area contributed by atoms with E-state index in [-0.39, 0.29) is 37.0 Å². The summed E-state index contributed by atoms with van der Waals surface area (Å²) >= 11 is 0. The second-order valence-corrected chi connectivity index (χ2v) is 13.3. The summed E-state index contributed by atoms with van der Waals surface area (Å²) in [5, 5.41) is 21.3. The Labute approximate surface area is 283 Å². The van der Waals surface area contributed by atoms with Crippen LogP contribution in [-0.4, -0.2) is 109 Å². The quantitative estimate of drug-likeness (QED) is 0.325. The Kier molecular flexibility index (Phi) is 10.4. The summed E-state index contributed by atoms with van der Waals surface area (Å²) in [5.74, 6) is 0.880. The lowest BCUT2D eigenvalue weighted by Crippen LogP contribution is -2.55. The van der Waals surface area contributed by atoms with Gasteiger partial charge in [-0.15, -0.1) is 0 Å². The molecule has 2 saturated heterocycles. The number of carbonyl (C=O) groups is 1. The molecule has 6 rings (SSSR count). The molecule has 3 aromatic rings. The van der Waals surface area contributed by atoms with E-state index < -0.39 is 0 Å². The third-order valence-electron chi connectivity index (χ3n) is 10.2. The van der Waals surface area contributed by atoms with E-state index in [9.17, 15) is 15.2 Å². The van der Waals surface area contributed by atoms with Crippen LogP contribution in [0.15, 0.2) is 48.6 Å². The molecule has 254 valence electrons. The number of hydrogen-bond acceptors (Lipinski definition) is 10. The first-order valence-electron chi connectivity index (χ1n) is 17.0. The van der Waals surface area contributed by atoms with Gasteiger partial charge in [0, 0.05) is 74.5 Å². The largest absolute Gasteiger partial charge is 0.463 e. The second kappa shape index (κ2) is 14.9. The summed E-state index contributed by atoms with van der Waals surface area (Å²) in [5.41, 5.74) is 4.48. The number of hydrogen-bond donors (Lipinski definition) is 1. The summed E-state index contributed by atoms with van der Waals surface area (Å²) in [7, 11) is 3.91. The Morgan fingerprint density at radius 3 is 2.71 bits per heavy atom. The predicted molar refractivity (Wildman–Crippen MR) is 186 cm³/mol. The molecule has 1 N–H and O–H groups in total. The number of aryl methyl sites for hydroxylation is 1. The molecule has 2 aromatic carbocycles. The molecule has 3 aliphatic heterocycles. The molecule has 0 spiro atoms. The topological polar surface area (TPSA) is 118 Å². The van der Waals surface area contributed by atoms with E-state index in [2.05, 4.69) is 78.1 Å². The number of rotatable bonds is 10. The van der Waals surface area contributed by atoms with Crippen LogP contribution in [0.1, 0.15) is 36.6 Å². The van der Waals surface area contributed by atoms with Gasteiger partial charge in [-0.25, -0.2) is 0 Å². The number of aromatic nitrogens is 2. The Morgan fingerprint density at radius 1 is 1.15 bits per heavy atom. The average molecular weight is 654 g/mol. The first kappa shape index (κ1) is 33.7. The first-order valence-corrected chi connectivity index (χ1v) is 17.0. The minimum absolute atomic E-state index is 0.194. The lowest BCUT2D eigenvalue weighted by atomic mass is 9.99. The van der Waals surface area contributed by atoms with E-state index in [1.807, 2.05) is 0 Å². The van der Waals surface area contributed by atoms with Crippen molar-refractivity contribution < 1.29 is 19.4 Å². The molecule has 0 bridgehead atoms. The molecule has 4 heterocycles. The molecular formula is C37H47N7O4. The minimum Gasteiger partial charge on any atom is -0.463 e. The number of likely N-dealkylation sites (N-methyl/N-ethyl adjacent to an activating group) is 1. The fraction of sp³-hybridized carbons (Fsp3) is 0.514. The van der Waals surface area contributed by atoms with Crippen molar-refractivity contribution in [2.24, 2.45) is 5.92 Å². The summed E-state index contributed by atoms with van der Waals surface area (Å²) in [6, 6.07) is 15.6. The maximum absolute atomic E-state index is 12.9. The standard InChI is InChI=1S/C37H47N7O4/c1-25-8-5-9-27-10-6-11-32(35(25)27)42-16-14-30-31(23-42)39-37(48-24-26(2)33-20-29(47-4)22-41(33)3)40-36(30)43-17-18-44(28(21-43)13-15-38)34(46)12-7-19-45/h5-12,26,28-29,33,45H,13-14,16-24H2,1-4H3/b12-7+/t26-,28+,29-,33-/m1/s1. The van der Waals surface area contributed by atoms with Gasteiger partial charge in [0.25, 0.3) is 0 Å². The Hall–Kier alpha value is -4.24. The van der Waals surface area contributed by atoms with Crippen LogP contribution in [0.5, 0.6) is 6.01 Å². The normalized spacial score (nSPS) is 22.2. The number of aliphatic hydroxyl groups is 1. The van der Waals surface area contributed by atoms with Gasteiger partial charge in [-0.3, -0.25) is 4.79 Å². The molecule has 48 heavy (non-hydrogen) atoms. The number of piperazine rings is 1. The van der Waals surface area contributed by atoms with Gasteiger partial charge in [0.15, 0.2) is 0 Å². The van der Waals surface area contributed by atoms with Gasteiger partial charge < -0.3 is 34.2 Å². The number of fused-ring (bicyclic) bond motifs is 2. The van der Waals surface area contributed by atoms with Crippen LogP contribution < -0.4 is 14.5 Å². The summed E-state index contributed by atoms with van der Waals surface area (Å²) in [6.07, 6.45) is 4.98. The number of benzene rings is 2. The number of nitrogens with zero attached hydrogens (tertiary/aromatic N) is 7. The van der Waals surface area contributed by atoms with E-state index in [0.717, 1.165) is 43.0 Å². The van der Waals surface area contributed by atoms with E-state index in [4.69, 9.17) is 19.4 Å². The molecule has 0 unspecified atom stereocenters. The second-order valence-electron chi connectivity index (χ2n) is 13.3. The highest BCUT2D eigenvalue weighted by Gasteiger charge is 2.35. The number of ether oxygens (including phenoxy) is 2. The highest BCUT2D eigenvalue weighted by molar-refractivity contribution is 5.97. The van der Waals surface area contributed by atoms with Gasteiger partial charge in [0.1, 0.15) is 5.82 Å². The van der Waals surface area contributed by atoms with Crippen molar-refractivity contribution in [1.82, 2.24) is 19.8 Å². The number of likely N-dealkylation sites (tertiary alicyclic amines) is 1. The van der Waals surface area contributed by atoms with Crippen LogP contribution in [0.2, 0.25) is 0 Å². The highest BCUT2D eigenvalue weighted by Crippen LogP contribution is 2.36. The monoisotopic (exact) mass is 653 g/mol. The number of aliphatic hydroxyl groups excluding tert-OH is 1. The number of anilines is 2. The Balaban J connectivity index is 1.31. The summed E-state index contributed by atoms with van der Waals surface area (Å²) < 4.78 is 12.1. The predicted octanol–water partition coefficient (Wildman–Crippen LogP) is 3.71. The molecule has 0 saturated carbocycles. The molecule has 11 nitrogen and oxygen atoms in total. The van der Waals surface area contributed by atoms with Gasteiger partial charge >= 0.3 is 6.01 Å². The van der Waals surface area contributed by atoms with Crippen LogP contribution in [0.3, 0.4) is 0 Å². The van der Waals surface area contributed by atoms with E-state index in [1.165, 1.54) is 34.2 Å². The van der Waals surface area contributed by atoms with Crippen LogP contribution in [0.4, 0.5) is 11.5 Å². The van der Waals surface area contributed by atoms with Gasteiger partial charge in [-0.1, -0.05) is 43.3 Å². The fourth-order valence-electron chi connectivity index (χ4n) is 7.69. The lowest BCUT2D eigenvalue weighted by Gasteiger charge is -2.42. The van der Waals surface area contributed by atoms with Crippen LogP contribution in [0.25, 0.3) is 10.8 Å². The zero-order valence-electron chi connectivity index (χ0n) is 28.5. The van der Waals surface area contributed by atoms with Gasteiger partial charge in [-0.05, 0) is 43.8 Å². The van der Waals surface area contributed by atoms with Crippen molar-refractivity contribution >= 4 is 28.2 Å². The third-order valence-corrected chi connectivity index (χ3v) is 10.2. The molecule has 1 aromatic heterocycles. The summed E-state index contributed by atoms with van der Waals surface area (Å²) in [6.45, 7) is 8.47. The molecule has 1 amide bonds. The van der Waals surface area contributed by atoms with Crippen LogP contribution in [0, 0.1) is 24.2 Å². The number of amides is 1. The van der Waals surface area contributed by atoms with E-state index in [0.29, 0.717) is 44.8 Å². The van der Waals surface area contributed by atoms with Crippen molar-refractivity contribution in [2.75, 3.05) is 69.9 Å². The van der Waals surface area contributed by atoms with Crippen molar-refractivity contribution in [2.45, 2.75) is 57.8 Å². The zero-order valence-corrected chi connectivity index (χ0v) is 28.5. The molecular weight excluding hydrogens is 606 g/mol. The lowest BCUT2D eigenvalue weighted by molar-refractivity contribution is -0.128. The van der Waals surface area contributed by atoms with Gasteiger partial charge in [0.05, 0.1) is 50.1 Å². The van der Waals surface area contributed by atoms with Crippen LogP contribution >= 0.6 is 0 Å². The van der Waals surface area contributed by atoms with E-state index >= 15 is 0 Å². The summed E-state index contributed by atoms with van der Waals surface area (Å²) in [4.78, 5) is 31.7. The van der Waals surface area contributed by atoms with Crippen LogP contribution in [-0.2, 0) is 22.5 Å². The molecule has 4 atom stereocenters. The molecule has 11 heteroatoms. The first-order chi connectivity index (χ1) is 23.3. The average Bonchev–Trinajstić information content (AvgIpc) is 3.49.